The lowest BCUT2D eigenvalue weighted by molar-refractivity contribution is 0.461. The zero-order valence-corrected chi connectivity index (χ0v) is 70.0. The molecule has 2 aliphatic heterocycles. The van der Waals surface area contributed by atoms with E-state index < -0.39 is 10.8 Å². The Labute approximate surface area is 724 Å². The Morgan fingerprint density at radius 1 is 0.241 bits per heavy atom. The van der Waals surface area contributed by atoms with E-state index in [2.05, 4.69) is 68.0 Å². The minimum absolute atomic E-state index is 0.0248. The highest BCUT2D eigenvalue weighted by Gasteiger charge is 2.38. The first kappa shape index (κ1) is 77.2. The molecule has 12 nitrogen and oxygen atoms in total. The lowest BCUT2D eigenvalue weighted by Crippen LogP contribution is -2.23. The van der Waals surface area contributed by atoms with Gasteiger partial charge < -0.3 is 28.9 Å². The molecule has 5 heterocycles. The van der Waals surface area contributed by atoms with E-state index in [0.29, 0.717) is 39.7 Å². The van der Waals surface area contributed by atoms with Crippen molar-refractivity contribution in [2.24, 2.45) is 0 Å². The molecule has 0 amide bonds. The number of para-hydroxylation sites is 3. The molecule has 24 heteroatoms. The van der Waals surface area contributed by atoms with Crippen molar-refractivity contribution in [3.8, 4) is 125 Å². The van der Waals surface area contributed by atoms with Crippen LogP contribution in [0.3, 0.4) is 0 Å². The lowest BCUT2D eigenvalue weighted by atomic mass is 9.73. The fraction of sp³-hybridized carbons (Fsp3) is 0.0652. The van der Waals surface area contributed by atoms with E-state index in [9.17, 15) is 0 Å². The topological polar surface area (TPSA) is 146 Å². The van der Waals surface area contributed by atoms with Crippen LogP contribution in [0, 0.1) is 0 Å². The van der Waals surface area contributed by atoms with E-state index in [-0.39, 0.29) is 173 Å². The molecule has 0 aliphatic carbocycles. The van der Waals surface area contributed by atoms with Crippen LogP contribution in [0.1, 0.15) is 49.9 Å². The van der Waals surface area contributed by atoms with Crippen molar-refractivity contribution in [3.63, 3.8) is 0 Å². The van der Waals surface area contributed by atoms with Crippen LogP contribution in [0.2, 0.25) is 60.3 Å². The summed E-state index contributed by atoms with van der Waals surface area (Å²) in [5, 5.41) is -0.639. The van der Waals surface area contributed by atoms with Gasteiger partial charge in [0.25, 0.3) is 0 Å². The molecule has 16 aromatic rings. The Hall–Kier alpha value is -10.1. The van der Waals surface area contributed by atoms with Gasteiger partial charge >= 0.3 is 0 Å². The molecule has 0 radical (unpaired) electrons. The van der Waals surface area contributed by atoms with Gasteiger partial charge in [0, 0.05) is 33.1 Å². The zero-order valence-electron chi connectivity index (χ0n) is 60.9. The van der Waals surface area contributed by atoms with Gasteiger partial charge in [-0.15, -0.1) is 0 Å². The molecule has 0 spiro atoms. The molecule has 0 saturated carbocycles. The maximum absolute atomic E-state index is 8.05. The summed E-state index contributed by atoms with van der Waals surface area (Å²) in [6.45, 7) is 8.62. The number of nitrogens with zero attached hydrogens (tertiary/aromatic N) is 6. The van der Waals surface area contributed by atoms with Crippen LogP contribution in [0.25, 0.3) is 123 Å². The van der Waals surface area contributed by atoms with E-state index in [1.54, 1.807) is 18.2 Å². The first-order valence-corrected chi connectivity index (χ1v) is 40.6. The van der Waals surface area contributed by atoms with E-state index in [1.165, 1.54) is 0 Å². The highest BCUT2D eigenvalue weighted by atomic mass is 35.5. The number of aromatic nitrogens is 8. The number of rotatable bonds is 15. The molecule has 570 valence electrons. The summed E-state index contributed by atoms with van der Waals surface area (Å²) in [5.74, 6) is 0.885. The van der Waals surface area contributed by atoms with E-state index >= 15 is 0 Å². The second-order valence-corrected chi connectivity index (χ2v) is 32.9. The number of halogens is 12. The van der Waals surface area contributed by atoms with Crippen LogP contribution in [-0.4, -0.2) is 39.9 Å². The van der Waals surface area contributed by atoms with Gasteiger partial charge in [-0.25, -0.2) is 29.9 Å². The smallest absolute Gasteiger partial charge is 0.166 e. The Morgan fingerprint density at radius 2 is 0.517 bits per heavy atom. The number of H-pyrrole nitrogens is 2. The second kappa shape index (κ2) is 30.8. The summed E-state index contributed by atoms with van der Waals surface area (Å²) < 4.78 is 27.8. The number of hydrogen-bond donors (Lipinski definition) is 2. The second-order valence-electron chi connectivity index (χ2n) is 28.4. The Kier molecular flexibility index (Phi) is 20.5. The normalized spacial score (nSPS) is 12.0. The molecular formula is C92H54Cl12N8O4. The Bertz CT molecular complexity index is 6940. The third-order valence-electron chi connectivity index (χ3n) is 20.9. The zero-order chi connectivity index (χ0) is 80.3. The maximum atomic E-state index is 8.05. The largest absolute Gasteiger partial charge is 0.454 e. The van der Waals surface area contributed by atoms with Crippen molar-refractivity contribution in [1.29, 1.82) is 0 Å². The van der Waals surface area contributed by atoms with Crippen LogP contribution in [0.15, 0.2) is 243 Å². The number of hydrogen-bond acceptors (Lipinski definition) is 10. The number of aromatic amines is 2. The molecule has 0 unspecified atom stereocenters. The lowest BCUT2D eigenvalue weighted by Gasteiger charge is -2.32. The van der Waals surface area contributed by atoms with Crippen molar-refractivity contribution in [2.75, 3.05) is 0 Å². The van der Waals surface area contributed by atoms with E-state index in [4.69, 9.17) is 188 Å². The van der Waals surface area contributed by atoms with Crippen LogP contribution in [-0.2, 0) is 10.8 Å². The number of fused-ring (bicyclic) bond motifs is 20. The molecule has 18 rings (SSSR count). The summed E-state index contributed by atoms with van der Waals surface area (Å²) in [6.07, 6.45) is 0. The van der Waals surface area contributed by atoms with Crippen molar-refractivity contribution < 1.29 is 18.9 Å². The maximum Gasteiger partial charge on any atom is 0.166 e. The average molecular weight is 1760 g/mol. The van der Waals surface area contributed by atoms with Crippen molar-refractivity contribution in [3.05, 3.63) is 325 Å². The van der Waals surface area contributed by atoms with Crippen LogP contribution < -0.4 is 18.9 Å². The average Bonchev–Trinajstić information content (AvgIpc) is 1.56. The van der Waals surface area contributed by atoms with E-state index in [1.807, 2.05) is 194 Å². The van der Waals surface area contributed by atoms with Gasteiger partial charge in [-0.2, -0.15) is 0 Å². The molecule has 2 aliphatic rings. The molecule has 0 atom stereocenters. The van der Waals surface area contributed by atoms with Gasteiger partial charge in [0.05, 0.1) is 84.0 Å². The van der Waals surface area contributed by atoms with Gasteiger partial charge in [0.2, 0.25) is 0 Å². The Morgan fingerprint density at radius 3 is 0.871 bits per heavy atom. The summed E-state index contributed by atoms with van der Waals surface area (Å²) in [4.78, 5) is 38.7. The summed E-state index contributed by atoms with van der Waals surface area (Å²) in [7, 11) is 0. The SMILES string of the molecule is CC(C)(c1ccccc1)c1ccc(Oc2c(Cl)c(Cl)c3c4nc5nc(nc6[nH]c(nc7nc(nc([nH]4)c3c2Cl)-c2c(Cl)c(Oc3ccccc3-c3ccccc3)c(Cl)c(Cl)c2-7)c2c(Cl)c(Oc3ccccc3-c3ccccc3)c(Cl)c(Cl)c62)-c2c(Cl)c(Oc3ccccc3-c3ccccc3)c(Cl)c(Cl)c2-5)c(C(C)(C)c2ccccc2)c1. The number of ether oxygens (including phenoxy) is 4. The molecule has 13 aromatic carbocycles. The van der Waals surface area contributed by atoms with E-state index in [0.717, 1.165) is 38.9 Å². The summed E-state index contributed by atoms with van der Waals surface area (Å²) in [6, 6.07) is 77.7. The first-order chi connectivity index (χ1) is 56.0. The van der Waals surface area contributed by atoms with Gasteiger partial charge in [-0.1, -0.05) is 385 Å². The fourth-order valence-electron chi connectivity index (χ4n) is 14.8. The van der Waals surface area contributed by atoms with Crippen molar-refractivity contribution in [1.82, 2.24) is 39.9 Å². The summed E-state index contributed by atoms with van der Waals surface area (Å²) >= 11 is 92.8. The predicted octanol–water partition coefficient (Wildman–Crippen LogP) is 31.5. The summed E-state index contributed by atoms with van der Waals surface area (Å²) in [5.41, 5.74) is 7.64. The van der Waals surface area contributed by atoms with Crippen molar-refractivity contribution in [2.45, 2.75) is 38.5 Å². The van der Waals surface area contributed by atoms with Crippen LogP contribution in [0.5, 0.6) is 46.0 Å². The molecule has 3 aromatic heterocycles. The minimum Gasteiger partial charge on any atom is -0.454 e. The molecule has 116 heavy (non-hydrogen) atoms. The third kappa shape index (κ3) is 13.3. The monoisotopic (exact) mass is 1750 g/mol. The van der Waals surface area contributed by atoms with Gasteiger partial charge in [-0.3, -0.25) is 0 Å². The quantitative estimate of drug-likeness (QED) is 0.0951. The van der Waals surface area contributed by atoms with Gasteiger partial charge in [0.15, 0.2) is 46.3 Å². The van der Waals surface area contributed by atoms with Crippen LogP contribution >= 0.6 is 139 Å². The predicted molar refractivity (Wildman–Crippen MR) is 476 cm³/mol. The number of benzene rings is 13. The standard InChI is InChI=1S/C92H54Cl12N8O4/c1-91(2,48-32-16-8-17-33-48)50-42-43-58(54(44-50)92(3,4)49-34-18-9-19-35-49)116-82-74(100)66-62(70(96)78(82)104)84-105-83-59-63(71(97)79(75(101)67(59)93)113-55-39-23-20-36-51(55)45-26-10-5-11-27-45)87(106-83)108-85-60-64(72(98)80(76(102)68(60)94)114-56-40-24-21-37-52(56)46-28-12-6-13-29-46)88(109-85)110-86-61-65(89(111-86)112-90(66)107-84)73(99)81(77(103)69(61)95)115-57-41-25-22-38-53(57)47-30-14-7-15-31-47/h5-44H,1-4H3,(H2,105,106,107,108,109,110,111,112). The fourth-order valence-corrected chi connectivity index (χ4v) is 18.3. The van der Waals surface area contributed by atoms with Crippen LogP contribution in [0.4, 0.5) is 0 Å². The first-order valence-electron chi connectivity index (χ1n) is 36.1. The molecular weight excluding hydrogens is 1710 g/mol. The van der Waals surface area contributed by atoms with Gasteiger partial charge in [-0.05, 0) is 57.6 Å². The number of nitrogens with one attached hydrogen (secondary N) is 2. The van der Waals surface area contributed by atoms with Gasteiger partial charge in [0.1, 0.15) is 65.7 Å². The highest BCUT2D eigenvalue weighted by molar-refractivity contribution is 6.53. The molecule has 0 fully saturated rings. The van der Waals surface area contributed by atoms with Crippen molar-refractivity contribution >= 4 is 183 Å². The molecule has 8 bridgehead atoms. The Balaban J connectivity index is 0.946. The minimum atomic E-state index is -0.715. The molecule has 0 saturated heterocycles. The third-order valence-corrected chi connectivity index (χ3v) is 25.6. The molecule has 2 N–H and O–H groups in total. The highest BCUT2D eigenvalue weighted by Crippen LogP contribution is 2.59.